The van der Waals surface area contributed by atoms with Gasteiger partial charge in [0.2, 0.25) is 0 Å². The zero-order chi connectivity index (χ0) is 19.3. The van der Waals surface area contributed by atoms with Gasteiger partial charge in [-0.25, -0.2) is 0 Å². The van der Waals surface area contributed by atoms with E-state index in [1.165, 1.54) is 12.1 Å². The molecule has 0 aliphatic heterocycles. The fourth-order valence-corrected chi connectivity index (χ4v) is 3.95. The van der Waals surface area contributed by atoms with Gasteiger partial charge < -0.3 is 4.18 Å². The van der Waals surface area contributed by atoms with E-state index < -0.39 is 10.1 Å². The minimum absolute atomic E-state index is 0.0803. The van der Waals surface area contributed by atoms with E-state index in [4.69, 9.17) is 4.18 Å². The third-order valence-corrected chi connectivity index (χ3v) is 5.57. The highest BCUT2D eigenvalue weighted by Gasteiger charge is 2.17. The first kappa shape index (κ1) is 18.9. The second kappa shape index (κ2) is 8.21. The quantitative estimate of drug-likeness (QED) is 0.308. The van der Waals surface area contributed by atoms with E-state index in [-0.39, 0.29) is 10.6 Å². The van der Waals surface area contributed by atoms with Gasteiger partial charge in [-0.05, 0) is 57.4 Å². The molecule has 0 atom stereocenters. The molecule has 0 fully saturated rings. The first-order chi connectivity index (χ1) is 13.0. The summed E-state index contributed by atoms with van der Waals surface area (Å²) in [5.41, 5.74) is 2.06. The highest BCUT2D eigenvalue weighted by atomic mass is 79.9. The topological polar surface area (TPSA) is 67.2 Å². The van der Waals surface area contributed by atoms with Crippen molar-refractivity contribution in [3.05, 3.63) is 94.5 Å². The van der Waals surface area contributed by atoms with Gasteiger partial charge in [-0.3, -0.25) is 0 Å². The molecule has 0 heterocycles. The lowest BCUT2D eigenvalue weighted by Crippen LogP contribution is -2.09. The van der Waals surface area contributed by atoms with Crippen molar-refractivity contribution >= 4 is 37.7 Å². The summed E-state index contributed by atoms with van der Waals surface area (Å²) in [5, 5.41) is 9.41. The molecule has 0 saturated carbocycles. The summed E-state index contributed by atoms with van der Waals surface area (Å²) >= 11 is 3.34. The summed E-state index contributed by atoms with van der Waals surface area (Å²) in [4.78, 5) is 0.0803. The predicted octanol–water partition coefficient (Wildman–Crippen LogP) is 5.28. The summed E-state index contributed by atoms with van der Waals surface area (Å²) < 4.78 is 30.4. The van der Waals surface area contributed by atoms with Crippen molar-refractivity contribution in [3.8, 4) is 11.8 Å². The molecule has 3 aromatic carbocycles. The largest absolute Gasteiger partial charge is 0.378 e. The molecule has 3 rings (SSSR count). The van der Waals surface area contributed by atoms with Crippen molar-refractivity contribution in [1.82, 2.24) is 0 Å². The summed E-state index contributed by atoms with van der Waals surface area (Å²) in [7, 11) is -3.92. The molecule has 0 aliphatic carbocycles. The van der Waals surface area contributed by atoms with Gasteiger partial charge in [0.25, 0.3) is 0 Å². The number of nitrogens with zero attached hydrogens (tertiary/aromatic N) is 1. The van der Waals surface area contributed by atoms with Crippen molar-refractivity contribution < 1.29 is 12.6 Å². The van der Waals surface area contributed by atoms with E-state index in [1.54, 1.807) is 42.5 Å². The van der Waals surface area contributed by atoms with Crippen molar-refractivity contribution in [2.45, 2.75) is 4.90 Å². The van der Waals surface area contributed by atoms with Gasteiger partial charge >= 0.3 is 10.1 Å². The van der Waals surface area contributed by atoms with Crippen molar-refractivity contribution in [1.29, 1.82) is 5.26 Å². The third-order valence-electron chi connectivity index (χ3n) is 3.70. The number of allylic oxidation sites excluding steroid dienone is 1. The van der Waals surface area contributed by atoms with Crippen LogP contribution in [0, 0.1) is 11.3 Å². The maximum absolute atomic E-state index is 12.3. The summed E-state index contributed by atoms with van der Waals surface area (Å²) in [6, 6.07) is 24.4. The molecule has 4 nitrogen and oxygen atoms in total. The lowest BCUT2D eigenvalue weighted by molar-refractivity contribution is 0.484. The van der Waals surface area contributed by atoms with E-state index in [0.717, 1.165) is 11.1 Å². The average Bonchev–Trinajstić information content (AvgIpc) is 2.69. The Hall–Kier alpha value is -2.88. The SMILES string of the molecule is N#C/C(=C\c1ccc(OS(=O)(=O)c2ccccc2)c(Br)c1)c1ccccc1. The Morgan fingerprint density at radius 1 is 0.963 bits per heavy atom. The number of benzene rings is 3. The summed E-state index contributed by atoms with van der Waals surface area (Å²) in [6.45, 7) is 0. The summed E-state index contributed by atoms with van der Waals surface area (Å²) in [6.07, 6.45) is 1.73. The van der Waals surface area contributed by atoms with E-state index >= 15 is 0 Å². The zero-order valence-corrected chi connectivity index (χ0v) is 16.4. The Kier molecular flexibility index (Phi) is 5.75. The highest BCUT2D eigenvalue weighted by molar-refractivity contribution is 9.10. The number of nitriles is 1. The van der Waals surface area contributed by atoms with Crippen LogP contribution in [0.5, 0.6) is 5.75 Å². The Bertz CT molecular complexity index is 1120. The fraction of sp³-hybridized carbons (Fsp3) is 0. The minimum atomic E-state index is -3.92. The lowest BCUT2D eigenvalue weighted by atomic mass is 10.0. The van der Waals surface area contributed by atoms with Crippen LogP contribution in [-0.4, -0.2) is 8.42 Å². The van der Waals surface area contributed by atoms with Crippen molar-refractivity contribution in [2.24, 2.45) is 0 Å². The average molecular weight is 440 g/mol. The molecule has 0 unspecified atom stereocenters. The van der Waals surface area contributed by atoms with E-state index in [0.29, 0.717) is 10.0 Å². The monoisotopic (exact) mass is 439 g/mol. The standard InChI is InChI=1S/C21H14BrNO3S/c22-20-14-16(13-18(15-23)17-7-3-1-4-8-17)11-12-21(20)26-27(24,25)19-9-5-2-6-10-19/h1-14H/b18-13+. The maximum atomic E-state index is 12.3. The molecule has 27 heavy (non-hydrogen) atoms. The molecule has 0 saturated heterocycles. The Labute approximate surface area is 166 Å². The fourth-order valence-electron chi connectivity index (χ4n) is 2.39. The second-order valence-electron chi connectivity index (χ2n) is 5.58. The van der Waals surface area contributed by atoms with Crippen LogP contribution in [0.25, 0.3) is 11.6 Å². The highest BCUT2D eigenvalue weighted by Crippen LogP contribution is 2.30. The minimum Gasteiger partial charge on any atom is -0.378 e. The predicted molar refractivity (Wildman–Crippen MR) is 108 cm³/mol. The molecule has 134 valence electrons. The Balaban J connectivity index is 1.88. The van der Waals surface area contributed by atoms with E-state index in [9.17, 15) is 13.7 Å². The maximum Gasteiger partial charge on any atom is 0.339 e. The van der Waals surface area contributed by atoms with Crippen LogP contribution in [0.2, 0.25) is 0 Å². The molecule has 0 amide bonds. The van der Waals surface area contributed by atoms with Crippen LogP contribution in [0.1, 0.15) is 11.1 Å². The first-order valence-corrected chi connectivity index (χ1v) is 10.2. The molecule has 6 heteroatoms. The van der Waals surface area contributed by atoms with Gasteiger partial charge in [0.15, 0.2) is 5.75 Å². The van der Waals surface area contributed by atoms with Crippen molar-refractivity contribution in [2.75, 3.05) is 0 Å². The van der Waals surface area contributed by atoms with Crippen LogP contribution in [0.15, 0.2) is 88.2 Å². The van der Waals surface area contributed by atoms with E-state index in [2.05, 4.69) is 22.0 Å². The molecule has 0 aromatic heterocycles. The van der Waals surface area contributed by atoms with Gasteiger partial charge in [-0.15, -0.1) is 0 Å². The van der Waals surface area contributed by atoms with Gasteiger partial charge in [-0.1, -0.05) is 54.6 Å². The Morgan fingerprint density at radius 2 is 1.59 bits per heavy atom. The van der Waals surface area contributed by atoms with Crippen LogP contribution in [0.3, 0.4) is 0 Å². The molecule has 3 aromatic rings. The second-order valence-corrected chi connectivity index (χ2v) is 7.98. The normalized spacial score (nSPS) is 11.6. The lowest BCUT2D eigenvalue weighted by Gasteiger charge is -2.09. The van der Waals surface area contributed by atoms with Crippen LogP contribution < -0.4 is 4.18 Å². The number of hydrogen-bond acceptors (Lipinski definition) is 4. The van der Waals surface area contributed by atoms with Gasteiger partial charge in [0.1, 0.15) is 4.90 Å². The zero-order valence-electron chi connectivity index (χ0n) is 14.0. The molecular weight excluding hydrogens is 426 g/mol. The van der Waals surface area contributed by atoms with Gasteiger partial charge in [0.05, 0.1) is 16.1 Å². The third kappa shape index (κ3) is 4.64. The molecule has 0 radical (unpaired) electrons. The van der Waals surface area contributed by atoms with Gasteiger partial charge in [0, 0.05) is 0 Å². The van der Waals surface area contributed by atoms with E-state index in [1.807, 2.05) is 30.3 Å². The van der Waals surface area contributed by atoms with Crippen LogP contribution in [-0.2, 0) is 10.1 Å². The van der Waals surface area contributed by atoms with Crippen LogP contribution in [0.4, 0.5) is 0 Å². The molecule has 0 spiro atoms. The van der Waals surface area contributed by atoms with Crippen molar-refractivity contribution in [3.63, 3.8) is 0 Å². The van der Waals surface area contributed by atoms with Crippen LogP contribution >= 0.6 is 15.9 Å². The molecule has 0 aliphatic rings. The molecule has 0 bridgehead atoms. The molecule has 0 N–H and O–H groups in total. The smallest absolute Gasteiger partial charge is 0.339 e. The number of hydrogen-bond donors (Lipinski definition) is 0. The molecular formula is C21H14BrNO3S. The summed E-state index contributed by atoms with van der Waals surface area (Å²) in [5.74, 6) is 0.175. The number of rotatable bonds is 5. The first-order valence-electron chi connectivity index (χ1n) is 7.96. The van der Waals surface area contributed by atoms with Gasteiger partial charge in [-0.2, -0.15) is 13.7 Å². The Morgan fingerprint density at radius 3 is 2.19 bits per heavy atom. The number of halogens is 1.